The number of carbonyl (C=O) groups is 2. The van der Waals surface area contributed by atoms with Crippen LogP contribution in [0.2, 0.25) is 0 Å². The first-order valence-electron chi connectivity index (χ1n) is 8.21. The average Bonchev–Trinajstić information content (AvgIpc) is 3.11. The van der Waals surface area contributed by atoms with Gasteiger partial charge in [-0.05, 0) is 32.3 Å². The van der Waals surface area contributed by atoms with E-state index in [1.54, 1.807) is 0 Å². The summed E-state index contributed by atoms with van der Waals surface area (Å²) in [5, 5.41) is 1.87. The molecule has 6 heteroatoms. The van der Waals surface area contributed by atoms with Crippen LogP contribution >= 0.6 is 0 Å². The van der Waals surface area contributed by atoms with E-state index in [4.69, 9.17) is 14.3 Å². The lowest BCUT2D eigenvalue weighted by atomic mass is 9.86. The van der Waals surface area contributed by atoms with Crippen molar-refractivity contribution in [1.82, 2.24) is 5.06 Å². The molecule has 1 aromatic rings. The zero-order valence-electron chi connectivity index (χ0n) is 14.0. The van der Waals surface area contributed by atoms with Gasteiger partial charge in [0.05, 0.1) is 18.8 Å². The Morgan fingerprint density at radius 2 is 2.08 bits per heavy atom. The summed E-state index contributed by atoms with van der Waals surface area (Å²) in [5.41, 5.74) is 0.810. The third-order valence-electron chi connectivity index (χ3n) is 4.73. The topological polar surface area (TPSA) is 65.1 Å². The number of nitrogens with zero attached hydrogens (tertiary/aromatic N) is 1. The Balaban J connectivity index is 1.71. The third-order valence-corrected chi connectivity index (χ3v) is 4.73. The molecule has 1 unspecified atom stereocenters. The second-order valence-corrected chi connectivity index (χ2v) is 6.97. The Kier molecular flexibility index (Phi) is 4.99. The van der Waals surface area contributed by atoms with Crippen LogP contribution in [-0.2, 0) is 30.5 Å². The van der Waals surface area contributed by atoms with Crippen LogP contribution in [0, 0.1) is 0 Å². The summed E-state index contributed by atoms with van der Waals surface area (Å²) >= 11 is 0. The zero-order valence-corrected chi connectivity index (χ0v) is 14.0. The normalized spacial score (nSPS) is 29.8. The number of hydrogen-bond acceptors (Lipinski definition) is 6. The first-order chi connectivity index (χ1) is 11.5. The summed E-state index contributed by atoms with van der Waals surface area (Å²) in [7, 11) is 0. The molecule has 1 aromatic carbocycles. The summed E-state index contributed by atoms with van der Waals surface area (Å²) in [5.74, 6) is 0. The minimum absolute atomic E-state index is 0.101. The first kappa shape index (κ1) is 17.1. The monoisotopic (exact) mass is 333 g/mol. The summed E-state index contributed by atoms with van der Waals surface area (Å²) < 4.78 is 11.0. The molecule has 2 fully saturated rings. The quantitative estimate of drug-likeness (QED) is 0.677. The Bertz CT molecular complexity index is 576. The summed E-state index contributed by atoms with van der Waals surface area (Å²) in [6, 6.07) is 9.39. The molecular weight excluding hydrogens is 310 g/mol. The molecule has 0 amide bonds. The molecule has 0 radical (unpaired) electrons. The predicted octanol–water partition coefficient (Wildman–Crippen LogP) is 1.87. The Morgan fingerprint density at radius 3 is 2.67 bits per heavy atom. The predicted molar refractivity (Wildman–Crippen MR) is 85.8 cm³/mol. The molecule has 2 aliphatic heterocycles. The van der Waals surface area contributed by atoms with Crippen molar-refractivity contribution in [2.45, 2.75) is 63.2 Å². The number of benzene rings is 1. The van der Waals surface area contributed by atoms with Crippen molar-refractivity contribution in [3.63, 3.8) is 0 Å². The second kappa shape index (κ2) is 7.01. The van der Waals surface area contributed by atoms with E-state index in [0.29, 0.717) is 12.8 Å². The van der Waals surface area contributed by atoms with E-state index in [1.165, 1.54) is 0 Å². The van der Waals surface area contributed by atoms with E-state index in [2.05, 4.69) is 13.8 Å². The second-order valence-electron chi connectivity index (χ2n) is 6.97. The molecule has 130 valence electrons. The van der Waals surface area contributed by atoms with Gasteiger partial charge < -0.3 is 14.3 Å². The smallest absolute Gasteiger partial charge is 0.293 e. The number of fused-ring (bicyclic) bond motifs is 2. The minimum atomic E-state index is -0.834. The molecule has 0 aliphatic carbocycles. The van der Waals surface area contributed by atoms with Gasteiger partial charge in [-0.2, -0.15) is 5.06 Å². The van der Waals surface area contributed by atoms with Crippen molar-refractivity contribution >= 4 is 12.8 Å². The van der Waals surface area contributed by atoms with Crippen molar-refractivity contribution in [3.8, 4) is 0 Å². The molecule has 2 heterocycles. The van der Waals surface area contributed by atoms with E-state index in [1.807, 2.05) is 35.4 Å². The van der Waals surface area contributed by atoms with Crippen LogP contribution in [0.15, 0.2) is 30.3 Å². The number of hydrogen-bond donors (Lipinski definition) is 0. The molecule has 2 bridgehead atoms. The Hall–Kier alpha value is -1.76. The molecule has 0 N–H and O–H groups in total. The van der Waals surface area contributed by atoms with Gasteiger partial charge in [-0.25, -0.2) is 0 Å². The van der Waals surface area contributed by atoms with E-state index < -0.39 is 12.2 Å². The average molecular weight is 333 g/mol. The lowest BCUT2D eigenvalue weighted by molar-refractivity contribution is -0.195. The van der Waals surface area contributed by atoms with Crippen LogP contribution in [0.25, 0.3) is 0 Å². The summed E-state index contributed by atoms with van der Waals surface area (Å²) in [6.45, 7) is 4.83. The molecule has 3 rings (SSSR count). The van der Waals surface area contributed by atoms with Gasteiger partial charge in [-0.3, -0.25) is 9.63 Å². The van der Waals surface area contributed by atoms with E-state index in [-0.39, 0.29) is 24.3 Å². The van der Waals surface area contributed by atoms with Crippen LogP contribution in [0.3, 0.4) is 0 Å². The van der Waals surface area contributed by atoms with Crippen molar-refractivity contribution in [3.05, 3.63) is 35.9 Å². The zero-order chi connectivity index (χ0) is 17.2. The van der Waals surface area contributed by atoms with Crippen LogP contribution in [0.4, 0.5) is 0 Å². The van der Waals surface area contributed by atoms with Crippen molar-refractivity contribution in [2.75, 3.05) is 0 Å². The fourth-order valence-electron chi connectivity index (χ4n) is 3.70. The molecule has 0 saturated carbocycles. The Labute approximate surface area is 141 Å². The highest BCUT2D eigenvalue weighted by atomic mass is 16.7. The van der Waals surface area contributed by atoms with E-state index in [0.717, 1.165) is 18.4 Å². The van der Waals surface area contributed by atoms with Gasteiger partial charge in [0.1, 0.15) is 0 Å². The van der Waals surface area contributed by atoms with Gasteiger partial charge in [0, 0.05) is 5.54 Å². The van der Waals surface area contributed by atoms with Gasteiger partial charge in [0.25, 0.3) is 6.47 Å². The van der Waals surface area contributed by atoms with Gasteiger partial charge in [0.2, 0.25) is 0 Å². The molecule has 0 aromatic heterocycles. The molecule has 2 aliphatic rings. The SMILES string of the molecule is CC1(C)C[C@H]2C[C@H]([C@@H](OC=O)[C@@H](C=O)OCc3ccccc3)N1O2. The molecular formula is C18H23NO5. The highest BCUT2D eigenvalue weighted by Crippen LogP contribution is 2.44. The standard InChI is InChI=1S/C18H23NO5/c1-18(2)9-14-8-15(19(18)24-14)17(23-12-21)16(10-20)22-11-13-6-4-3-5-7-13/h3-7,10,12,14-17H,8-9,11H2,1-2H3/t14-,15-,16-,17-/m1/s1. The third kappa shape index (κ3) is 3.36. The first-order valence-corrected chi connectivity index (χ1v) is 8.21. The van der Waals surface area contributed by atoms with Crippen molar-refractivity contribution in [1.29, 1.82) is 0 Å². The Morgan fingerprint density at radius 1 is 1.33 bits per heavy atom. The van der Waals surface area contributed by atoms with Crippen molar-refractivity contribution < 1.29 is 23.9 Å². The minimum Gasteiger partial charge on any atom is -0.460 e. The van der Waals surface area contributed by atoms with Gasteiger partial charge in [0.15, 0.2) is 18.5 Å². The van der Waals surface area contributed by atoms with Crippen LogP contribution in [-0.4, -0.2) is 47.7 Å². The lowest BCUT2D eigenvalue weighted by Crippen LogP contribution is -2.55. The maximum atomic E-state index is 11.6. The van der Waals surface area contributed by atoms with Gasteiger partial charge >= 0.3 is 0 Å². The molecule has 24 heavy (non-hydrogen) atoms. The largest absolute Gasteiger partial charge is 0.460 e. The van der Waals surface area contributed by atoms with Crippen LogP contribution < -0.4 is 0 Å². The summed E-state index contributed by atoms with van der Waals surface area (Å²) in [4.78, 5) is 28.4. The highest BCUT2D eigenvalue weighted by Gasteiger charge is 2.55. The molecule has 5 atom stereocenters. The maximum Gasteiger partial charge on any atom is 0.293 e. The number of ether oxygens (including phenoxy) is 2. The maximum absolute atomic E-state index is 11.6. The van der Waals surface area contributed by atoms with Crippen LogP contribution in [0.1, 0.15) is 32.3 Å². The number of carbonyl (C=O) groups excluding carboxylic acids is 2. The van der Waals surface area contributed by atoms with Gasteiger partial charge in [-0.1, -0.05) is 30.3 Å². The van der Waals surface area contributed by atoms with Crippen molar-refractivity contribution in [2.24, 2.45) is 0 Å². The lowest BCUT2D eigenvalue weighted by Gasteiger charge is -2.39. The molecule has 6 nitrogen and oxygen atoms in total. The number of piperidine rings is 1. The fourth-order valence-corrected chi connectivity index (χ4v) is 3.70. The number of rotatable bonds is 8. The summed E-state index contributed by atoms with van der Waals surface area (Å²) in [6.07, 6.45) is 0.934. The number of aldehydes is 1. The fraction of sp³-hybridized carbons (Fsp3) is 0.556. The van der Waals surface area contributed by atoms with Gasteiger partial charge in [-0.15, -0.1) is 0 Å². The van der Waals surface area contributed by atoms with E-state index >= 15 is 0 Å². The van der Waals surface area contributed by atoms with E-state index in [9.17, 15) is 9.59 Å². The van der Waals surface area contributed by atoms with Crippen LogP contribution in [0.5, 0.6) is 0 Å². The molecule has 2 saturated heterocycles. The number of hydroxylamine groups is 2. The molecule has 0 spiro atoms. The highest BCUT2D eigenvalue weighted by molar-refractivity contribution is 5.58.